The minimum atomic E-state index is -0.424. The summed E-state index contributed by atoms with van der Waals surface area (Å²) in [6, 6.07) is 6.61. The average molecular weight is 290 g/mol. The molecule has 1 saturated carbocycles. The van der Waals surface area contributed by atoms with Crippen LogP contribution >= 0.6 is 0 Å². The van der Waals surface area contributed by atoms with E-state index in [1.54, 1.807) is 23.1 Å². The zero-order valence-corrected chi connectivity index (χ0v) is 12.4. The Labute approximate surface area is 125 Å². The fraction of sp³-hybridized carbons (Fsp3) is 0.588. The number of hydrogen-bond donors (Lipinski definition) is 1. The molecule has 1 heterocycles. The average Bonchev–Trinajstić information content (AvgIpc) is 2.46. The summed E-state index contributed by atoms with van der Waals surface area (Å²) in [7, 11) is 0. The Balaban J connectivity index is 1.57. The molecule has 21 heavy (non-hydrogen) atoms. The molecule has 3 nitrogen and oxygen atoms in total. The van der Waals surface area contributed by atoms with Gasteiger partial charge in [-0.1, -0.05) is 18.6 Å². The first kappa shape index (κ1) is 14.5. The van der Waals surface area contributed by atoms with E-state index in [0.717, 1.165) is 31.8 Å². The maximum absolute atomic E-state index is 13.7. The summed E-state index contributed by atoms with van der Waals surface area (Å²) in [6.45, 7) is 2.49. The molecule has 0 bridgehead atoms. The second-order valence-electron chi connectivity index (χ2n) is 6.28. The van der Waals surface area contributed by atoms with Crippen LogP contribution in [-0.4, -0.2) is 36.5 Å². The number of nitrogens with one attached hydrogen (secondary N) is 1. The van der Waals surface area contributed by atoms with Gasteiger partial charge < -0.3 is 10.2 Å². The van der Waals surface area contributed by atoms with Gasteiger partial charge in [0.05, 0.1) is 5.56 Å². The van der Waals surface area contributed by atoms with Crippen LogP contribution in [0.15, 0.2) is 24.3 Å². The van der Waals surface area contributed by atoms with E-state index in [1.165, 1.54) is 25.3 Å². The van der Waals surface area contributed by atoms with E-state index in [9.17, 15) is 9.18 Å². The van der Waals surface area contributed by atoms with Crippen LogP contribution in [0.3, 0.4) is 0 Å². The molecule has 3 rings (SSSR count). The van der Waals surface area contributed by atoms with Crippen LogP contribution in [0.1, 0.15) is 42.5 Å². The van der Waals surface area contributed by atoms with Crippen molar-refractivity contribution < 1.29 is 9.18 Å². The molecule has 1 unspecified atom stereocenters. The van der Waals surface area contributed by atoms with Crippen LogP contribution in [0.5, 0.6) is 0 Å². The van der Waals surface area contributed by atoms with Gasteiger partial charge in [0, 0.05) is 19.1 Å². The highest BCUT2D eigenvalue weighted by molar-refractivity contribution is 5.94. The summed E-state index contributed by atoms with van der Waals surface area (Å²) in [4.78, 5) is 14.2. The van der Waals surface area contributed by atoms with Gasteiger partial charge in [0.25, 0.3) is 5.91 Å². The third-order valence-electron chi connectivity index (χ3n) is 4.73. The molecule has 2 aliphatic rings. The maximum Gasteiger partial charge on any atom is 0.256 e. The van der Waals surface area contributed by atoms with Crippen molar-refractivity contribution in [2.75, 3.05) is 19.6 Å². The fourth-order valence-corrected chi connectivity index (χ4v) is 3.16. The number of hydrogen-bond acceptors (Lipinski definition) is 2. The predicted octanol–water partition coefficient (Wildman–Crippen LogP) is 2.82. The standard InChI is InChI=1S/C17H23FN2O/c18-16-9-2-1-8-15(16)17(21)20-10-4-7-14(12-20)19-11-13-5-3-6-13/h1-2,8-9,13-14,19H,3-7,10-12H2. The van der Waals surface area contributed by atoms with Crippen LogP contribution in [-0.2, 0) is 0 Å². The Morgan fingerprint density at radius 1 is 1.24 bits per heavy atom. The molecule has 1 aromatic rings. The molecule has 4 heteroatoms. The number of halogens is 1. The Morgan fingerprint density at radius 2 is 2.05 bits per heavy atom. The van der Waals surface area contributed by atoms with Crippen molar-refractivity contribution in [1.82, 2.24) is 10.2 Å². The Morgan fingerprint density at radius 3 is 2.76 bits per heavy atom. The largest absolute Gasteiger partial charge is 0.337 e. The normalized spacial score (nSPS) is 22.9. The van der Waals surface area contributed by atoms with E-state index in [1.807, 2.05) is 0 Å². The van der Waals surface area contributed by atoms with Crippen molar-refractivity contribution in [1.29, 1.82) is 0 Å². The number of nitrogens with zero attached hydrogens (tertiary/aromatic N) is 1. The van der Waals surface area contributed by atoms with E-state index in [4.69, 9.17) is 0 Å². The molecule has 0 radical (unpaired) electrons. The Kier molecular flexibility index (Phi) is 4.54. The minimum absolute atomic E-state index is 0.178. The van der Waals surface area contributed by atoms with Gasteiger partial charge >= 0.3 is 0 Å². The molecule has 1 aromatic carbocycles. The third-order valence-corrected chi connectivity index (χ3v) is 4.73. The highest BCUT2D eigenvalue weighted by atomic mass is 19.1. The van der Waals surface area contributed by atoms with E-state index in [0.29, 0.717) is 12.6 Å². The summed E-state index contributed by atoms with van der Waals surface area (Å²) in [5.74, 6) is 0.220. The van der Waals surface area contributed by atoms with Crippen molar-refractivity contribution in [3.05, 3.63) is 35.6 Å². The minimum Gasteiger partial charge on any atom is -0.337 e. The van der Waals surface area contributed by atoms with Crippen molar-refractivity contribution >= 4 is 5.91 Å². The van der Waals surface area contributed by atoms with Gasteiger partial charge in [0.2, 0.25) is 0 Å². The summed E-state index contributed by atoms with van der Waals surface area (Å²) in [5, 5.41) is 3.59. The molecule has 0 aromatic heterocycles. The Hall–Kier alpha value is -1.42. The van der Waals surface area contributed by atoms with Gasteiger partial charge in [-0.3, -0.25) is 4.79 Å². The van der Waals surface area contributed by atoms with Crippen molar-refractivity contribution in [3.63, 3.8) is 0 Å². The number of rotatable bonds is 4. The monoisotopic (exact) mass is 290 g/mol. The first-order valence-electron chi connectivity index (χ1n) is 8.01. The molecule has 1 aliphatic carbocycles. The van der Waals surface area contributed by atoms with Crippen LogP contribution in [0.2, 0.25) is 0 Å². The lowest BCUT2D eigenvalue weighted by atomic mass is 9.85. The van der Waals surface area contributed by atoms with E-state index >= 15 is 0 Å². The lowest BCUT2D eigenvalue weighted by Gasteiger charge is -2.35. The van der Waals surface area contributed by atoms with Gasteiger partial charge in [-0.15, -0.1) is 0 Å². The predicted molar refractivity (Wildman–Crippen MR) is 80.7 cm³/mol. The molecular formula is C17H23FN2O. The summed E-state index contributed by atoms with van der Waals surface area (Å²) >= 11 is 0. The second kappa shape index (κ2) is 6.56. The first-order valence-corrected chi connectivity index (χ1v) is 8.01. The highest BCUT2D eigenvalue weighted by Gasteiger charge is 2.26. The number of carbonyl (C=O) groups excluding carboxylic acids is 1. The van der Waals surface area contributed by atoms with Gasteiger partial charge in [-0.05, 0) is 50.3 Å². The van der Waals surface area contributed by atoms with Gasteiger partial charge in [-0.2, -0.15) is 0 Å². The summed E-state index contributed by atoms with van der Waals surface area (Å²) in [5.41, 5.74) is 0.192. The van der Waals surface area contributed by atoms with Gasteiger partial charge in [0.1, 0.15) is 5.82 Å². The highest BCUT2D eigenvalue weighted by Crippen LogP contribution is 2.25. The summed E-state index contributed by atoms with van der Waals surface area (Å²) in [6.07, 6.45) is 6.11. The van der Waals surface area contributed by atoms with Crippen LogP contribution in [0.25, 0.3) is 0 Å². The molecule has 2 fully saturated rings. The molecule has 1 amide bonds. The topological polar surface area (TPSA) is 32.3 Å². The first-order chi connectivity index (χ1) is 10.2. The smallest absolute Gasteiger partial charge is 0.256 e. The van der Waals surface area contributed by atoms with Crippen LogP contribution < -0.4 is 5.32 Å². The SMILES string of the molecule is O=C(c1ccccc1F)N1CCCC(NCC2CCC2)C1. The molecule has 0 spiro atoms. The lowest BCUT2D eigenvalue weighted by molar-refractivity contribution is 0.0686. The van der Waals surface area contributed by atoms with E-state index in [2.05, 4.69) is 5.32 Å². The summed E-state index contributed by atoms with van der Waals surface area (Å²) < 4.78 is 13.7. The third kappa shape index (κ3) is 3.43. The molecule has 1 N–H and O–H groups in total. The number of likely N-dealkylation sites (tertiary alicyclic amines) is 1. The van der Waals surface area contributed by atoms with E-state index < -0.39 is 5.82 Å². The van der Waals surface area contributed by atoms with Crippen molar-refractivity contribution in [2.24, 2.45) is 5.92 Å². The molecule has 1 saturated heterocycles. The van der Waals surface area contributed by atoms with Crippen molar-refractivity contribution in [3.8, 4) is 0 Å². The molecule has 1 aliphatic heterocycles. The number of benzene rings is 1. The van der Waals surface area contributed by atoms with E-state index in [-0.39, 0.29) is 11.5 Å². The van der Waals surface area contributed by atoms with Gasteiger partial charge in [0.15, 0.2) is 0 Å². The molecular weight excluding hydrogens is 267 g/mol. The second-order valence-corrected chi connectivity index (χ2v) is 6.28. The van der Waals surface area contributed by atoms with Crippen LogP contribution in [0.4, 0.5) is 4.39 Å². The lowest BCUT2D eigenvalue weighted by Crippen LogP contribution is -2.49. The Bertz CT molecular complexity index is 501. The number of carbonyl (C=O) groups is 1. The van der Waals surface area contributed by atoms with Gasteiger partial charge in [-0.25, -0.2) is 4.39 Å². The maximum atomic E-state index is 13.7. The zero-order valence-electron chi connectivity index (χ0n) is 12.4. The van der Waals surface area contributed by atoms with Crippen molar-refractivity contribution in [2.45, 2.75) is 38.1 Å². The quantitative estimate of drug-likeness (QED) is 0.925. The fourth-order valence-electron chi connectivity index (χ4n) is 3.16. The zero-order chi connectivity index (χ0) is 14.7. The molecule has 1 atom stereocenters. The van der Waals surface area contributed by atoms with Crippen LogP contribution in [0, 0.1) is 11.7 Å². The number of piperidine rings is 1. The molecule has 114 valence electrons. The number of amides is 1.